The molecular weight excluding hydrogens is 1720 g/mol. The summed E-state index contributed by atoms with van der Waals surface area (Å²) in [5, 5.41) is 16.8. The topological polar surface area (TPSA) is 753 Å². The highest BCUT2D eigenvalue weighted by Crippen LogP contribution is 2.40. The lowest BCUT2D eigenvalue weighted by Crippen LogP contribution is -2.50. The molecule has 2 aromatic heterocycles. The summed E-state index contributed by atoms with van der Waals surface area (Å²) in [4.78, 5) is 122. The molecule has 6 heterocycles. The smallest absolute Gasteiger partial charge is 0.295 e. The molecule has 0 aliphatic carbocycles. The molecule has 12 rings (SSSR count). The van der Waals surface area contributed by atoms with Crippen LogP contribution in [0.1, 0.15) is 25.7 Å². The standard InChI is InChI=1S/C70H78N24O22S6/c71-57(95)35-17-36(58(72)96)28-91(27-35)117(103,104)49-9-1-5-43(21-49)79-65-85-66(80-44-6-2-10-50(22-44)118(105,106)92-29-37(59(73)97)18-38(30-92)60(74)98)88-69(87-65)83-47-13-15-53(55(25-47)121(111,112)113)54-16-14-48(26-56(54)122(114,115)116)84-70-89-67(81-45-7-3-11-51(23-45)119(107,108)93-31-39(61(75)99)19-40(32-93)62(76)100)86-68(90-70)82-46-8-4-12-52(24-46)120(109,110)94-33-41(63(77)101)20-42(34-94)64(78)102/h1-16,21-26,35-42H,17-20,27-34H2,(H2,71,95)(H2,72,96)(H2,73,97)(H2,74,98)(H2,75,99)(H2,76,100)(H2,77,101)(H2,78,102)(H,111,112,113)(H,114,115,116)(H3,79,80,83,85,87,88)(H3,81,82,84,86,89,90). The van der Waals surface area contributed by atoms with Gasteiger partial charge in [-0.05, 0) is 123 Å². The molecule has 24 N–H and O–H groups in total. The predicted octanol–water partition coefficient (Wildman–Crippen LogP) is -0.932. The number of nitrogens with one attached hydrogen (secondary N) is 6. The predicted molar refractivity (Wildman–Crippen MR) is 432 cm³/mol. The molecule has 122 heavy (non-hydrogen) atoms. The Kier molecular flexibility index (Phi) is 25.3. The summed E-state index contributed by atoms with van der Waals surface area (Å²) in [7, 11) is -29.2. The number of primary amides is 8. The second-order valence-electron chi connectivity index (χ2n) is 28.9. The van der Waals surface area contributed by atoms with E-state index in [-0.39, 0.29) is 79.4 Å². The minimum Gasteiger partial charge on any atom is -0.369 e. The third kappa shape index (κ3) is 20.2. The first-order valence-corrected chi connectivity index (χ1v) is 45.0. The average Bonchev–Trinajstić information content (AvgIpc) is 0.796. The van der Waals surface area contributed by atoms with E-state index in [1.807, 2.05) is 0 Å². The van der Waals surface area contributed by atoms with Gasteiger partial charge in [0.2, 0.25) is 123 Å². The first-order chi connectivity index (χ1) is 57.2. The van der Waals surface area contributed by atoms with Gasteiger partial charge in [0.15, 0.2) is 0 Å². The van der Waals surface area contributed by atoms with Crippen molar-refractivity contribution in [3.8, 4) is 11.1 Å². The number of carbonyl (C=O) groups excluding carboxylic acids is 8. The fraction of sp³-hybridized carbons (Fsp3) is 0.286. The Morgan fingerprint density at radius 3 is 0.607 bits per heavy atom. The molecular formula is C70H78N24O22S6. The van der Waals surface area contributed by atoms with Crippen LogP contribution in [-0.2, 0) is 98.7 Å². The molecule has 0 radical (unpaired) electrons. The summed E-state index contributed by atoms with van der Waals surface area (Å²) >= 11 is 0. The molecule has 8 aromatic rings. The third-order valence-corrected chi connectivity index (χ3v) is 29.5. The molecule has 646 valence electrons. The second kappa shape index (κ2) is 34.8. The lowest BCUT2D eigenvalue weighted by Gasteiger charge is -2.34. The SMILES string of the molecule is NC(=O)C1CC(C(N)=O)CN(S(=O)(=O)c2cccc(Nc3nc(Nc4cccc(S(=O)(=O)N5CC(C(N)=O)CC(C(N)=O)C5)c4)nc(Nc4ccc(-c5ccc(Nc6nc(Nc7cccc(S(=O)(=O)N8CC(C(N)=O)CC(C(N)=O)C8)c7)nc(Nc7cccc(S(=O)(=O)N8CC(C(N)=O)CC(C(N)=O)C8)c7)n6)cc5S(=O)(=O)O)c(S(=O)(=O)O)c4)n3)c2)C1. The number of carbonyl (C=O) groups is 8. The fourth-order valence-corrected chi connectivity index (χ4v) is 21.9. The van der Waals surface area contributed by atoms with Crippen molar-refractivity contribution in [1.82, 2.24) is 47.1 Å². The lowest BCUT2D eigenvalue weighted by atomic mass is 9.89. The first kappa shape index (κ1) is 88.6. The Morgan fingerprint density at radius 2 is 0.443 bits per heavy atom. The lowest BCUT2D eigenvalue weighted by molar-refractivity contribution is -0.128. The summed E-state index contributed by atoms with van der Waals surface area (Å²) in [6.45, 7) is -3.23. The summed E-state index contributed by atoms with van der Waals surface area (Å²) in [5.41, 5.74) is 42.6. The van der Waals surface area contributed by atoms with Crippen molar-refractivity contribution in [2.75, 3.05) is 84.3 Å². The third-order valence-electron chi connectivity index (χ3n) is 20.4. The van der Waals surface area contributed by atoms with E-state index < -0.39 is 264 Å². The van der Waals surface area contributed by atoms with Crippen LogP contribution in [0.3, 0.4) is 0 Å². The van der Waals surface area contributed by atoms with E-state index in [4.69, 9.17) is 45.9 Å². The molecule has 4 aliphatic heterocycles. The van der Waals surface area contributed by atoms with Gasteiger partial charge in [0.1, 0.15) is 9.79 Å². The van der Waals surface area contributed by atoms with Gasteiger partial charge in [0.25, 0.3) is 20.2 Å². The highest BCUT2D eigenvalue weighted by atomic mass is 32.2. The van der Waals surface area contributed by atoms with Gasteiger partial charge < -0.3 is 77.8 Å². The van der Waals surface area contributed by atoms with Gasteiger partial charge in [0, 0.05) is 97.6 Å². The Hall–Kier alpha value is -12.6. The van der Waals surface area contributed by atoms with Gasteiger partial charge >= 0.3 is 0 Å². The molecule has 0 bridgehead atoms. The van der Waals surface area contributed by atoms with Crippen molar-refractivity contribution in [3.63, 3.8) is 0 Å². The molecule has 4 aliphatic rings. The van der Waals surface area contributed by atoms with Gasteiger partial charge in [-0.25, -0.2) is 33.7 Å². The molecule has 8 atom stereocenters. The zero-order chi connectivity index (χ0) is 88.6. The van der Waals surface area contributed by atoms with E-state index in [9.17, 15) is 98.0 Å². The van der Waals surface area contributed by atoms with Gasteiger partial charge in [0.05, 0.1) is 66.9 Å². The molecule has 4 saturated heterocycles. The number of hydrogen-bond acceptors (Lipinski definition) is 32. The Bertz CT molecular complexity index is 5590. The van der Waals surface area contributed by atoms with Gasteiger partial charge in [-0.2, -0.15) is 64.0 Å². The van der Waals surface area contributed by atoms with Gasteiger partial charge in [-0.1, -0.05) is 36.4 Å². The van der Waals surface area contributed by atoms with Crippen LogP contribution in [-0.4, -0.2) is 206 Å². The van der Waals surface area contributed by atoms with Crippen LogP contribution in [0.25, 0.3) is 11.1 Å². The van der Waals surface area contributed by atoms with Crippen LogP contribution in [0.2, 0.25) is 0 Å². The van der Waals surface area contributed by atoms with E-state index in [0.29, 0.717) is 0 Å². The Morgan fingerprint density at radius 1 is 0.270 bits per heavy atom. The number of hydrogen-bond donors (Lipinski definition) is 16. The van der Waals surface area contributed by atoms with Crippen molar-refractivity contribution < 1.29 is 98.0 Å². The quantitative estimate of drug-likeness (QED) is 0.0233. The molecule has 52 heteroatoms. The summed E-state index contributed by atoms with van der Waals surface area (Å²) < 4.78 is 194. The van der Waals surface area contributed by atoms with Crippen LogP contribution in [0, 0.1) is 47.3 Å². The number of nitrogens with zero attached hydrogens (tertiary/aromatic N) is 10. The van der Waals surface area contributed by atoms with Crippen LogP contribution in [0.4, 0.5) is 69.8 Å². The van der Waals surface area contributed by atoms with Crippen molar-refractivity contribution in [3.05, 3.63) is 133 Å². The molecule has 8 amide bonds. The highest BCUT2D eigenvalue weighted by Gasteiger charge is 2.44. The molecule has 0 saturated carbocycles. The molecule has 6 aromatic carbocycles. The van der Waals surface area contributed by atoms with E-state index in [1.165, 1.54) is 72.8 Å². The van der Waals surface area contributed by atoms with E-state index in [2.05, 4.69) is 61.8 Å². The van der Waals surface area contributed by atoms with Crippen LogP contribution >= 0.6 is 0 Å². The molecule has 4 fully saturated rings. The first-order valence-electron chi connectivity index (χ1n) is 36.3. The van der Waals surface area contributed by atoms with Crippen molar-refractivity contribution >= 4 is 177 Å². The summed E-state index contributed by atoms with van der Waals surface area (Å²) in [6, 6.07) is 25.9. The van der Waals surface area contributed by atoms with E-state index >= 15 is 0 Å². The number of anilines is 12. The monoisotopic (exact) mass is 1800 g/mol. The molecule has 8 unspecified atom stereocenters. The maximum absolute atomic E-state index is 14.3. The highest BCUT2D eigenvalue weighted by molar-refractivity contribution is 7.90. The minimum atomic E-state index is -5.50. The Labute approximate surface area is 695 Å². The maximum atomic E-state index is 14.3. The maximum Gasteiger partial charge on any atom is 0.295 e. The van der Waals surface area contributed by atoms with Gasteiger partial charge in [-0.3, -0.25) is 47.5 Å². The normalized spacial score (nSPS) is 20.4. The zero-order valence-corrected chi connectivity index (χ0v) is 68.3. The summed E-state index contributed by atoms with van der Waals surface area (Å²) in [5.74, 6) is -18.5. The second-order valence-corrected chi connectivity index (χ2v) is 39.4. The van der Waals surface area contributed by atoms with Gasteiger partial charge in [-0.15, -0.1) is 0 Å². The molecule has 0 spiro atoms. The Balaban J connectivity index is 0.885. The number of rotatable bonds is 31. The number of nitrogens with two attached hydrogens (primary N) is 8. The molecule has 46 nitrogen and oxygen atoms in total. The zero-order valence-electron chi connectivity index (χ0n) is 63.4. The fourth-order valence-electron chi connectivity index (χ4n) is 14.1. The number of sulfonamides is 4. The number of amides is 8. The van der Waals surface area contributed by atoms with E-state index in [1.54, 1.807) is 0 Å². The van der Waals surface area contributed by atoms with Crippen molar-refractivity contribution in [1.29, 1.82) is 0 Å². The number of piperidine rings is 4. The van der Waals surface area contributed by atoms with Crippen LogP contribution in [0.5, 0.6) is 0 Å². The number of benzene rings is 6. The average molecular weight is 1800 g/mol. The summed E-state index contributed by atoms with van der Waals surface area (Å²) in [6.07, 6.45) is -0.431. The largest absolute Gasteiger partial charge is 0.369 e. The number of aromatic nitrogens is 6. The van der Waals surface area contributed by atoms with Crippen molar-refractivity contribution in [2.24, 2.45) is 93.2 Å². The van der Waals surface area contributed by atoms with Crippen molar-refractivity contribution in [2.45, 2.75) is 55.1 Å². The minimum absolute atomic E-state index is 0.0427. The van der Waals surface area contributed by atoms with Crippen LogP contribution < -0.4 is 77.8 Å². The van der Waals surface area contributed by atoms with E-state index in [0.717, 1.165) is 77.9 Å². The van der Waals surface area contributed by atoms with Crippen LogP contribution in [0.15, 0.2) is 163 Å².